The van der Waals surface area contributed by atoms with Crippen LogP contribution in [0.2, 0.25) is 0 Å². The van der Waals surface area contributed by atoms with Crippen molar-refractivity contribution in [2.75, 3.05) is 13.2 Å². The summed E-state index contributed by atoms with van der Waals surface area (Å²) in [5, 5.41) is 0. The molecule has 1 unspecified atom stereocenters. The summed E-state index contributed by atoms with van der Waals surface area (Å²) in [5.41, 5.74) is 0. The van der Waals surface area contributed by atoms with E-state index in [2.05, 4.69) is 130 Å². The van der Waals surface area contributed by atoms with E-state index in [1.807, 2.05) is 0 Å². The zero-order chi connectivity index (χ0) is 52.9. The second-order valence-electron chi connectivity index (χ2n) is 19.9. The molecule has 0 aliphatic carbocycles. The smallest absolute Gasteiger partial charge is 0.306 e. The van der Waals surface area contributed by atoms with Gasteiger partial charge in [-0.3, -0.25) is 14.4 Å². The summed E-state index contributed by atoms with van der Waals surface area (Å²) < 4.78 is 16.8. The maximum atomic E-state index is 12.8. The summed E-state index contributed by atoms with van der Waals surface area (Å²) in [6.07, 6.45) is 82.3. The van der Waals surface area contributed by atoms with Crippen molar-refractivity contribution in [2.45, 2.75) is 284 Å². The van der Waals surface area contributed by atoms with Gasteiger partial charge in [0.1, 0.15) is 13.2 Å². The van der Waals surface area contributed by atoms with Crippen molar-refractivity contribution < 1.29 is 28.6 Å². The van der Waals surface area contributed by atoms with E-state index in [-0.39, 0.29) is 31.1 Å². The molecule has 0 aliphatic rings. The van der Waals surface area contributed by atoms with Crippen LogP contribution in [0.15, 0.2) is 109 Å². The molecule has 0 aromatic heterocycles. The monoisotopic (exact) mass is 1010 g/mol. The average molecular weight is 1010 g/mol. The van der Waals surface area contributed by atoms with E-state index in [1.54, 1.807) is 0 Å². The van der Waals surface area contributed by atoms with Gasteiger partial charge in [-0.1, -0.05) is 239 Å². The summed E-state index contributed by atoms with van der Waals surface area (Å²) in [6, 6.07) is 0. The van der Waals surface area contributed by atoms with Crippen LogP contribution in [0.5, 0.6) is 0 Å². The number of unbranched alkanes of at least 4 members (excludes halogenated alkanes) is 25. The lowest BCUT2D eigenvalue weighted by molar-refractivity contribution is -0.167. The number of hydrogen-bond acceptors (Lipinski definition) is 6. The Balaban J connectivity index is 4.30. The van der Waals surface area contributed by atoms with Crippen molar-refractivity contribution >= 4 is 17.9 Å². The number of esters is 3. The predicted octanol–water partition coefficient (Wildman–Crippen LogP) is 20.7. The molecular formula is C67H112O6. The van der Waals surface area contributed by atoms with Gasteiger partial charge in [0.2, 0.25) is 0 Å². The fraction of sp³-hybridized carbons (Fsp3) is 0.687. The molecule has 6 heteroatoms. The molecule has 0 saturated heterocycles. The van der Waals surface area contributed by atoms with Gasteiger partial charge in [-0.15, -0.1) is 0 Å². The van der Waals surface area contributed by atoms with Gasteiger partial charge in [0, 0.05) is 19.3 Å². The largest absolute Gasteiger partial charge is 0.462 e. The van der Waals surface area contributed by atoms with Crippen LogP contribution in [-0.4, -0.2) is 37.2 Å². The Hall–Kier alpha value is -3.93. The minimum Gasteiger partial charge on any atom is -0.462 e. The van der Waals surface area contributed by atoms with Crippen LogP contribution >= 0.6 is 0 Å². The van der Waals surface area contributed by atoms with Gasteiger partial charge >= 0.3 is 17.9 Å². The van der Waals surface area contributed by atoms with E-state index >= 15 is 0 Å². The molecule has 0 aromatic rings. The lowest BCUT2D eigenvalue weighted by Crippen LogP contribution is -2.30. The summed E-state index contributed by atoms with van der Waals surface area (Å²) in [6.45, 7) is 6.47. The molecule has 0 bridgehead atoms. The van der Waals surface area contributed by atoms with Crippen molar-refractivity contribution in [1.29, 1.82) is 0 Å². The first-order valence-corrected chi connectivity index (χ1v) is 30.4. The van der Waals surface area contributed by atoms with Crippen LogP contribution in [-0.2, 0) is 28.6 Å². The van der Waals surface area contributed by atoms with Crippen LogP contribution in [0.4, 0.5) is 0 Å². The fourth-order valence-corrected chi connectivity index (χ4v) is 8.18. The lowest BCUT2D eigenvalue weighted by atomic mass is 10.1. The Morgan fingerprint density at radius 3 is 0.877 bits per heavy atom. The highest BCUT2D eigenvalue weighted by molar-refractivity contribution is 5.71. The predicted molar refractivity (Wildman–Crippen MR) is 316 cm³/mol. The molecule has 0 saturated carbocycles. The van der Waals surface area contributed by atoms with E-state index in [0.717, 1.165) is 128 Å². The second kappa shape index (κ2) is 60.6. The zero-order valence-corrected chi connectivity index (χ0v) is 47.6. The standard InChI is InChI=1S/C67H112O6/c1-4-7-10-13-16-19-22-25-27-28-29-30-31-32-33-34-35-36-37-38-39-40-41-43-45-48-51-54-57-60-66(69)72-63-64(62-71-65(68)59-56-53-50-47-44-24-21-18-15-12-9-6-3)73-67(70)61-58-55-52-49-46-42-26-23-20-17-14-11-8-5-2/h7,10,16,18-19,21,23,25-27,29-30,32-33,35-36,38-39,64H,4-6,8-9,11-15,17,20,22,24,28,31,34,37,40-63H2,1-3H3/b10-7-,19-16-,21-18-,26-23-,27-25-,30-29-,33-32-,36-35-,39-38-. The molecule has 0 N–H and O–H groups in total. The molecule has 73 heavy (non-hydrogen) atoms. The van der Waals surface area contributed by atoms with Crippen molar-refractivity contribution in [1.82, 2.24) is 0 Å². The Morgan fingerprint density at radius 1 is 0.288 bits per heavy atom. The van der Waals surface area contributed by atoms with Gasteiger partial charge in [0.15, 0.2) is 6.10 Å². The molecule has 0 aliphatic heterocycles. The van der Waals surface area contributed by atoms with Crippen molar-refractivity contribution in [3.05, 3.63) is 109 Å². The number of rotatable bonds is 54. The third kappa shape index (κ3) is 58.8. The second-order valence-corrected chi connectivity index (χ2v) is 19.9. The molecule has 416 valence electrons. The van der Waals surface area contributed by atoms with Crippen molar-refractivity contribution in [3.63, 3.8) is 0 Å². The van der Waals surface area contributed by atoms with Gasteiger partial charge < -0.3 is 14.2 Å². The molecule has 6 nitrogen and oxygen atoms in total. The molecule has 0 radical (unpaired) electrons. The highest BCUT2D eigenvalue weighted by Gasteiger charge is 2.19. The number of carbonyl (C=O) groups excluding carboxylic acids is 3. The lowest BCUT2D eigenvalue weighted by Gasteiger charge is -2.18. The van der Waals surface area contributed by atoms with Crippen LogP contribution in [0.3, 0.4) is 0 Å². The number of ether oxygens (including phenoxy) is 3. The average Bonchev–Trinajstić information content (AvgIpc) is 3.39. The molecule has 0 amide bonds. The summed E-state index contributed by atoms with van der Waals surface area (Å²) in [7, 11) is 0. The Labute approximate surface area is 450 Å². The minimum atomic E-state index is -0.791. The normalized spacial score (nSPS) is 12.9. The molecule has 0 fully saturated rings. The van der Waals surface area contributed by atoms with E-state index in [4.69, 9.17) is 14.2 Å². The Morgan fingerprint density at radius 2 is 0.534 bits per heavy atom. The molecule has 0 rings (SSSR count). The quantitative estimate of drug-likeness (QED) is 0.0261. The fourth-order valence-electron chi connectivity index (χ4n) is 8.18. The number of carbonyl (C=O) groups is 3. The van der Waals surface area contributed by atoms with Gasteiger partial charge in [0.25, 0.3) is 0 Å². The maximum absolute atomic E-state index is 12.8. The first-order chi connectivity index (χ1) is 36.0. The first kappa shape index (κ1) is 69.1. The number of allylic oxidation sites excluding steroid dienone is 18. The van der Waals surface area contributed by atoms with Crippen LogP contribution in [0.1, 0.15) is 278 Å². The van der Waals surface area contributed by atoms with E-state index in [9.17, 15) is 14.4 Å². The Kier molecular flexibility index (Phi) is 57.4. The van der Waals surface area contributed by atoms with Crippen LogP contribution in [0.25, 0.3) is 0 Å². The third-order valence-corrected chi connectivity index (χ3v) is 12.7. The molecule has 0 heterocycles. The Bertz CT molecular complexity index is 1490. The summed E-state index contributed by atoms with van der Waals surface area (Å²) in [4.78, 5) is 38.1. The third-order valence-electron chi connectivity index (χ3n) is 12.7. The van der Waals surface area contributed by atoms with Gasteiger partial charge in [-0.05, 0) is 128 Å². The van der Waals surface area contributed by atoms with E-state index < -0.39 is 6.10 Å². The van der Waals surface area contributed by atoms with Crippen LogP contribution in [0, 0.1) is 0 Å². The summed E-state index contributed by atoms with van der Waals surface area (Å²) in [5.74, 6) is -0.916. The highest BCUT2D eigenvalue weighted by atomic mass is 16.6. The molecule has 0 aromatic carbocycles. The molecule has 0 spiro atoms. The van der Waals surface area contributed by atoms with Crippen molar-refractivity contribution in [3.8, 4) is 0 Å². The number of hydrogen-bond donors (Lipinski definition) is 0. The topological polar surface area (TPSA) is 78.9 Å². The van der Waals surface area contributed by atoms with Gasteiger partial charge in [0.05, 0.1) is 0 Å². The molecular weight excluding hydrogens is 901 g/mol. The van der Waals surface area contributed by atoms with E-state index in [1.165, 1.54) is 109 Å². The van der Waals surface area contributed by atoms with E-state index in [0.29, 0.717) is 19.3 Å². The zero-order valence-electron chi connectivity index (χ0n) is 47.6. The SMILES string of the molecule is CC/C=C\C/C=C\C/C=C\C/C=C\C/C=C\C/C=C\C/C=C\CCCCCCCCCC(=O)OCC(COC(=O)CCCCCCC/C=C\CCCCC)OC(=O)CCCCCCC/C=C\CCCCCCC. The maximum Gasteiger partial charge on any atom is 0.306 e. The van der Waals surface area contributed by atoms with Crippen molar-refractivity contribution in [2.24, 2.45) is 0 Å². The molecule has 1 atom stereocenters. The minimum absolute atomic E-state index is 0.0893. The van der Waals surface area contributed by atoms with Crippen LogP contribution < -0.4 is 0 Å². The summed E-state index contributed by atoms with van der Waals surface area (Å²) >= 11 is 0. The van der Waals surface area contributed by atoms with Gasteiger partial charge in [-0.2, -0.15) is 0 Å². The van der Waals surface area contributed by atoms with Gasteiger partial charge in [-0.25, -0.2) is 0 Å². The highest BCUT2D eigenvalue weighted by Crippen LogP contribution is 2.14. The first-order valence-electron chi connectivity index (χ1n) is 30.4.